The van der Waals surface area contributed by atoms with Gasteiger partial charge in [0, 0.05) is 32.7 Å². The van der Waals surface area contributed by atoms with Crippen LogP contribution in [-0.2, 0) is 17.8 Å². The maximum Gasteiger partial charge on any atom is 0.253 e. The molecule has 8 nitrogen and oxygen atoms in total. The molecule has 1 amide bonds. The molecule has 8 heteroatoms. The van der Waals surface area contributed by atoms with Crippen molar-refractivity contribution in [3.8, 4) is 0 Å². The highest BCUT2D eigenvalue weighted by atomic mass is 16.5. The van der Waals surface area contributed by atoms with Crippen LogP contribution in [-0.4, -0.2) is 40.5 Å². The van der Waals surface area contributed by atoms with Gasteiger partial charge in [0.05, 0.1) is 11.3 Å². The molecule has 0 unspecified atom stereocenters. The third-order valence-corrected chi connectivity index (χ3v) is 3.42. The average molecular weight is 320 g/mol. The van der Waals surface area contributed by atoms with Gasteiger partial charge in [-0.25, -0.2) is 0 Å². The Kier molecular flexibility index (Phi) is 5.28. The van der Waals surface area contributed by atoms with Crippen molar-refractivity contribution in [2.45, 2.75) is 33.8 Å². The van der Waals surface area contributed by atoms with Crippen molar-refractivity contribution in [1.82, 2.24) is 20.4 Å². The van der Waals surface area contributed by atoms with Crippen LogP contribution in [0.5, 0.6) is 0 Å². The minimum Gasteiger partial charge on any atom is -0.377 e. The van der Waals surface area contributed by atoms with E-state index in [0.717, 1.165) is 0 Å². The Morgan fingerprint density at radius 3 is 2.70 bits per heavy atom. The second-order valence-electron chi connectivity index (χ2n) is 5.22. The topological polar surface area (TPSA) is 110 Å². The zero-order chi connectivity index (χ0) is 17.0. The molecule has 0 saturated carbocycles. The Bertz CT molecular complexity index is 717. The summed E-state index contributed by atoms with van der Waals surface area (Å²) >= 11 is 0. The first-order valence-corrected chi connectivity index (χ1v) is 7.22. The van der Waals surface area contributed by atoms with Crippen molar-refractivity contribution < 1.29 is 18.8 Å². The molecule has 0 spiro atoms. The van der Waals surface area contributed by atoms with Gasteiger partial charge in [0.2, 0.25) is 5.89 Å². The number of H-pyrrole nitrogens is 1. The van der Waals surface area contributed by atoms with Gasteiger partial charge in [0.25, 0.3) is 5.91 Å². The number of hydrogen-bond donors (Lipinski definition) is 2. The molecule has 0 aromatic carbocycles. The number of carbonyl (C=O) groups is 2. The van der Waals surface area contributed by atoms with Gasteiger partial charge in [-0.15, -0.1) is 0 Å². The molecule has 0 aliphatic rings. The molecule has 2 aromatic heterocycles. The second-order valence-corrected chi connectivity index (χ2v) is 5.22. The number of hydrogen-bond acceptors (Lipinski definition) is 6. The lowest BCUT2D eigenvalue weighted by molar-refractivity contribution is 0.0952. The van der Waals surface area contributed by atoms with Crippen molar-refractivity contribution in [2.75, 3.05) is 13.7 Å². The number of ketones is 1. The Morgan fingerprint density at radius 2 is 2.09 bits per heavy atom. The van der Waals surface area contributed by atoms with E-state index in [1.54, 1.807) is 21.0 Å². The summed E-state index contributed by atoms with van der Waals surface area (Å²) < 4.78 is 9.95. The van der Waals surface area contributed by atoms with E-state index in [1.165, 1.54) is 6.92 Å². The lowest BCUT2D eigenvalue weighted by Gasteiger charge is -2.04. The summed E-state index contributed by atoms with van der Waals surface area (Å²) in [5.74, 6) is 0.572. The molecule has 2 aromatic rings. The van der Waals surface area contributed by atoms with Gasteiger partial charge >= 0.3 is 0 Å². The molecule has 124 valence electrons. The first-order chi connectivity index (χ1) is 10.9. The minimum absolute atomic E-state index is 0.0961. The quantitative estimate of drug-likeness (QED) is 0.745. The van der Waals surface area contributed by atoms with Crippen LogP contribution in [0.25, 0.3) is 0 Å². The monoisotopic (exact) mass is 320 g/mol. The fourth-order valence-electron chi connectivity index (χ4n) is 2.39. The van der Waals surface area contributed by atoms with Crippen LogP contribution in [0.4, 0.5) is 0 Å². The Hall–Kier alpha value is -2.48. The largest absolute Gasteiger partial charge is 0.377 e. The van der Waals surface area contributed by atoms with E-state index in [1.807, 2.05) is 0 Å². The Morgan fingerprint density at radius 1 is 1.35 bits per heavy atom. The van der Waals surface area contributed by atoms with Gasteiger partial charge in [-0.3, -0.25) is 9.59 Å². The van der Waals surface area contributed by atoms with Crippen LogP contribution in [0.2, 0.25) is 0 Å². The van der Waals surface area contributed by atoms with Crippen molar-refractivity contribution in [3.05, 3.63) is 34.2 Å². The zero-order valence-electron chi connectivity index (χ0n) is 13.6. The molecule has 0 bridgehead atoms. The minimum atomic E-state index is -0.236. The third kappa shape index (κ3) is 3.84. The van der Waals surface area contributed by atoms with Gasteiger partial charge in [-0.1, -0.05) is 5.16 Å². The highest BCUT2D eigenvalue weighted by Crippen LogP contribution is 2.18. The first kappa shape index (κ1) is 16.9. The van der Waals surface area contributed by atoms with Gasteiger partial charge in [-0.05, 0) is 19.4 Å². The number of rotatable bonds is 7. The smallest absolute Gasteiger partial charge is 0.253 e. The molecule has 23 heavy (non-hydrogen) atoms. The number of ether oxygens (including phenoxy) is 1. The molecule has 0 aliphatic heterocycles. The standard InChI is InChI=1S/C15H20N4O4/c1-8-13(9(2)17-14(8)10(3)20)15(21)16-6-5-12-18-11(7-22-4)19-23-12/h17H,5-7H2,1-4H3,(H,16,21). The summed E-state index contributed by atoms with van der Waals surface area (Å²) in [6.07, 6.45) is 0.421. The number of nitrogens with zero attached hydrogens (tertiary/aromatic N) is 2. The molecule has 2 rings (SSSR count). The molecule has 0 aliphatic carbocycles. The molecule has 0 atom stereocenters. The van der Waals surface area contributed by atoms with Crippen LogP contribution in [0, 0.1) is 13.8 Å². The zero-order valence-corrected chi connectivity index (χ0v) is 13.6. The van der Waals surface area contributed by atoms with Crippen LogP contribution < -0.4 is 5.32 Å². The number of aromatic nitrogens is 3. The predicted molar refractivity (Wildman–Crippen MR) is 81.3 cm³/mol. The molecule has 2 N–H and O–H groups in total. The SMILES string of the molecule is COCc1noc(CCNC(=O)c2c(C)[nH]c(C(C)=O)c2C)n1. The van der Waals surface area contributed by atoms with Crippen LogP contribution >= 0.6 is 0 Å². The highest BCUT2D eigenvalue weighted by Gasteiger charge is 2.20. The van der Waals surface area contributed by atoms with E-state index < -0.39 is 0 Å². The molecule has 0 fully saturated rings. The number of methoxy groups -OCH3 is 1. The van der Waals surface area contributed by atoms with E-state index in [2.05, 4.69) is 20.4 Å². The van der Waals surface area contributed by atoms with E-state index in [9.17, 15) is 9.59 Å². The van der Waals surface area contributed by atoms with Crippen molar-refractivity contribution >= 4 is 11.7 Å². The maximum atomic E-state index is 12.3. The van der Waals surface area contributed by atoms with E-state index >= 15 is 0 Å². The molecule has 2 heterocycles. The number of amides is 1. The maximum absolute atomic E-state index is 12.3. The van der Waals surface area contributed by atoms with Crippen molar-refractivity contribution in [3.63, 3.8) is 0 Å². The predicted octanol–water partition coefficient (Wildman–Crippen LogP) is 1.34. The Labute approximate surface area is 133 Å². The van der Waals surface area contributed by atoms with E-state index in [4.69, 9.17) is 9.26 Å². The van der Waals surface area contributed by atoms with Gasteiger partial charge in [0.1, 0.15) is 6.61 Å². The van der Waals surface area contributed by atoms with Crippen LogP contribution in [0.3, 0.4) is 0 Å². The summed E-state index contributed by atoms with van der Waals surface area (Å²) in [4.78, 5) is 30.9. The van der Waals surface area contributed by atoms with E-state index in [-0.39, 0.29) is 18.3 Å². The molecular weight excluding hydrogens is 300 g/mol. The average Bonchev–Trinajstić information content (AvgIpc) is 3.04. The van der Waals surface area contributed by atoms with Crippen molar-refractivity contribution in [1.29, 1.82) is 0 Å². The number of aromatic amines is 1. The van der Waals surface area contributed by atoms with Crippen LogP contribution in [0.1, 0.15) is 50.7 Å². The summed E-state index contributed by atoms with van der Waals surface area (Å²) in [5, 5.41) is 6.54. The summed E-state index contributed by atoms with van der Waals surface area (Å²) in [5.41, 5.74) is 2.30. The Balaban J connectivity index is 1.96. The fraction of sp³-hybridized carbons (Fsp3) is 0.467. The second kappa shape index (κ2) is 7.19. The number of nitrogens with one attached hydrogen (secondary N) is 2. The molecule has 0 radical (unpaired) electrons. The lowest BCUT2D eigenvalue weighted by atomic mass is 10.1. The van der Waals surface area contributed by atoms with Gasteiger partial charge in [-0.2, -0.15) is 4.98 Å². The summed E-state index contributed by atoms with van der Waals surface area (Å²) in [6.45, 7) is 5.62. The normalized spacial score (nSPS) is 10.8. The highest BCUT2D eigenvalue weighted by molar-refractivity contribution is 6.02. The number of aryl methyl sites for hydroxylation is 1. The van der Waals surface area contributed by atoms with E-state index in [0.29, 0.717) is 47.2 Å². The van der Waals surface area contributed by atoms with Crippen LogP contribution in [0.15, 0.2) is 4.52 Å². The summed E-state index contributed by atoms with van der Waals surface area (Å²) in [7, 11) is 1.55. The van der Waals surface area contributed by atoms with Crippen molar-refractivity contribution in [2.24, 2.45) is 0 Å². The fourth-order valence-corrected chi connectivity index (χ4v) is 2.39. The van der Waals surface area contributed by atoms with Gasteiger partial charge in [0.15, 0.2) is 11.6 Å². The molecule has 0 saturated heterocycles. The first-order valence-electron chi connectivity index (χ1n) is 7.22. The lowest BCUT2D eigenvalue weighted by Crippen LogP contribution is -2.26. The third-order valence-electron chi connectivity index (χ3n) is 3.42. The number of Topliss-reactive ketones (excluding diaryl/α,β-unsaturated/α-hetero) is 1. The number of carbonyl (C=O) groups excluding carboxylic acids is 2. The summed E-state index contributed by atoms with van der Waals surface area (Å²) in [6, 6.07) is 0. The van der Waals surface area contributed by atoms with Gasteiger partial charge < -0.3 is 19.6 Å². The molecular formula is C15H20N4O4.